The summed E-state index contributed by atoms with van der Waals surface area (Å²) in [4.78, 5) is 14.2. The molecule has 1 aromatic carbocycles. The lowest BCUT2D eigenvalue weighted by molar-refractivity contribution is 0.0642. The Morgan fingerprint density at radius 1 is 1.42 bits per heavy atom. The molecule has 1 aliphatic rings. The van der Waals surface area contributed by atoms with Crippen molar-refractivity contribution in [3.63, 3.8) is 0 Å². The summed E-state index contributed by atoms with van der Waals surface area (Å²) in [5.41, 5.74) is 1.45. The van der Waals surface area contributed by atoms with E-state index in [-0.39, 0.29) is 11.3 Å². The number of morpholine rings is 1. The van der Waals surface area contributed by atoms with Gasteiger partial charge in [-0.1, -0.05) is 6.07 Å². The first kappa shape index (κ1) is 13.9. The van der Waals surface area contributed by atoms with Crippen molar-refractivity contribution in [3.05, 3.63) is 23.8 Å². The fraction of sp³-hybridized carbons (Fsp3) is 0.533. The second kappa shape index (κ2) is 5.21. The second-order valence-electron chi connectivity index (χ2n) is 5.43. The van der Waals surface area contributed by atoms with Crippen LogP contribution in [0.5, 0.6) is 5.75 Å². The Morgan fingerprint density at radius 2 is 2.16 bits per heavy atom. The summed E-state index contributed by atoms with van der Waals surface area (Å²) < 4.78 is 10.9. The molecule has 0 radical (unpaired) electrons. The summed E-state index contributed by atoms with van der Waals surface area (Å²) >= 11 is 0. The molecule has 1 aromatic rings. The van der Waals surface area contributed by atoms with Crippen molar-refractivity contribution >= 4 is 11.5 Å². The molecular weight excluding hydrogens is 242 g/mol. The molecule has 1 fully saturated rings. The molecule has 1 heterocycles. The minimum absolute atomic E-state index is 0.0229. The smallest absolute Gasteiger partial charge is 0.165 e. The van der Waals surface area contributed by atoms with E-state index in [1.807, 2.05) is 18.2 Å². The number of anilines is 1. The van der Waals surface area contributed by atoms with E-state index in [0.717, 1.165) is 12.2 Å². The molecule has 0 amide bonds. The Bertz CT molecular complexity index is 482. The maximum absolute atomic E-state index is 12.0. The van der Waals surface area contributed by atoms with Crippen molar-refractivity contribution in [2.24, 2.45) is 0 Å². The molecule has 4 heteroatoms. The Hall–Kier alpha value is -1.55. The van der Waals surface area contributed by atoms with Gasteiger partial charge < -0.3 is 14.4 Å². The molecule has 0 atom stereocenters. The first-order valence-electron chi connectivity index (χ1n) is 6.50. The molecule has 1 aliphatic heterocycles. The third kappa shape index (κ3) is 2.59. The average Bonchev–Trinajstić information content (AvgIpc) is 2.37. The monoisotopic (exact) mass is 263 g/mol. The average molecular weight is 263 g/mol. The number of rotatable bonds is 3. The van der Waals surface area contributed by atoms with Gasteiger partial charge in [0.15, 0.2) is 5.78 Å². The van der Waals surface area contributed by atoms with Gasteiger partial charge in [0.2, 0.25) is 0 Å². The van der Waals surface area contributed by atoms with E-state index in [1.165, 1.54) is 0 Å². The molecule has 104 valence electrons. The van der Waals surface area contributed by atoms with Crippen molar-refractivity contribution in [2.45, 2.75) is 26.3 Å². The summed E-state index contributed by atoms with van der Waals surface area (Å²) in [6.45, 7) is 7.93. The summed E-state index contributed by atoms with van der Waals surface area (Å²) in [7, 11) is 1.59. The molecule has 0 spiro atoms. The predicted molar refractivity (Wildman–Crippen MR) is 75.2 cm³/mol. The van der Waals surface area contributed by atoms with Gasteiger partial charge >= 0.3 is 0 Å². The van der Waals surface area contributed by atoms with Crippen molar-refractivity contribution in [2.75, 3.05) is 31.8 Å². The van der Waals surface area contributed by atoms with Crippen LogP contribution in [0.25, 0.3) is 0 Å². The Labute approximate surface area is 114 Å². The maximum Gasteiger partial charge on any atom is 0.165 e. The fourth-order valence-corrected chi connectivity index (χ4v) is 2.57. The summed E-state index contributed by atoms with van der Waals surface area (Å²) in [6, 6.07) is 5.73. The van der Waals surface area contributed by atoms with Crippen molar-refractivity contribution < 1.29 is 14.3 Å². The summed E-state index contributed by atoms with van der Waals surface area (Å²) in [5, 5.41) is 0. The molecular formula is C15H21NO3. The lowest BCUT2D eigenvalue weighted by Crippen LogP contribution is -2.53. The second-order valence-corrected chi connectivity index (χ2v) is 5.43. The summed E-state index contributed by atoms with van der Waals surface area (Å²) in [6.07, 6.45) is 0. The van der Waals surface area contributed by atoms with Crippen LogP contribution in [0.1, 0.15) is 31.1 Å². The number of nitrogens with zero attached hydrogens (tertiary/aromatic N) is 1. The molecule has 19 heavy (non-hydrogen) atoms. The van der Waals surface area contributed by atoms with E-state index in [1.54, 1.807) is 14.0 Å². The quantitative estimate of drug-likeness (QED) is 0.785. The molecule has 2 rings (SSSR count). The van der Waals surface area contributed by atoms with E-state index < -0.39 is 0 Å². The largest absolute Gasteiger partial charge is 0.496 e. The number of Topliss-reactive ketones (excluding diaryl/α,β-unsaturated/α-hetero) is 1. The number of carbonyl (C=O) groups excluding carboxylic acids is 1. The highest BCUT2D eigenvalue weighted by molar-refractivity contribution is 6.02. The van der Waals surface area contributed by atoms with Gasteiger partial charge in [0.05, 0.1) is 37.1 Å². The number of methoxy groups -OCH3 is 1. The van der Waals surface area contributed by atoms with Crippen molar-refractivity contribution in [3.8, 4) is 5.75 Å². The fourth-order valence-electron chi connectivity index (χ4n) is 2.57. The molecule has 0 unspecified atom stereocenters. The van der Waals surface area contributed by atoms with E-state index in [0.29, 0.717) is 24.5 Å². The SMILES string of the molecule is COc1cccc(N2CCOCC2(C)C)c1C(C)=O. The molecule has 0 aromatic heterocycles. The van der Waals surface area contributed by atoms with Gasteiger partial charge in [-0.3, -0.25) is 4.79 Å². The third-order valence-corrected chi connectivity index (χ3v) is 3.51. The van der Waals surface area contributed by atoms with E-state index in [9.17, 15) is 4.79 Å². The van der Waals surface area contributed by atoms with Gasteiger partial charge in [-0.05, 0) is 32.9 Å². The zero-order chi connectivity index (χ0) is 14.0. The van der Waals surface area contributed by atoms with Gasteiger partial charge in [0.25, 0.3) is 0 Å². The lowest BCUT2D eigenvalue weighted by atomic mass is 9.98. The van der Waals surface area contributed by atoms with E-state index in [2.05, 4.69) is 18.7 Å². The van der Waals surface area contributed by atoms with Gasteiger partial charge in [0.1, 0.15) is 5.75 Å². The highest BCUT2D eigenvalue weighted by atomic mass is 16.5. The number of ketones is 1. The van der Waals surface area contributed by atoms with Crippen molar-refractivity contribution in [1.29, 1.82) is 0 Å². The molecule has 0 bridgehead atoms. The zero-order valence-electron chi connectivity index (χ0n) is 12.0. The molecule has 4 nitrogen and oxygen atoms in total. The van der Waals surface area contributed by atoms with Gasteiger partial charge in [-0.15, -0.1) is 0 Å². The lowest BCUT2D eigenvalue weighted by Gasteiger charge is -2.44. The Kier molecular flexibility index (Phi) is 3.80. The number of hydrogen-bond acceptors (Lipinski definition) is 4. The number of hydrogen-bond donors (Lipinski definition) is 0. The molecule has 0 saturated carbocycles. The number of benzene rings is 1. The van der Waals surface area contributed by atoms with Crippen LogP contribution in [-0.2, 0) is 4.74 Å². The highest BCUT2D eigenvalue weighted by Crippen LogP contribution is 2.34. The van der Waals surface area contributed by atoms with Gasteiger partial charge in [-0.2, -0.15) is 0 Å². The van der Waals surface area contributed by atoms with Crippen LogP contribution < -0.4 is 9.64 Å². The molecule has 1 saturated heterocycles. The highest BCUT2D eigenvalue weighted by Gasteiger charge is 2.33. The van der Waals surface area contributed by atoms with Crippen LogP contribution in [0.3, 0.4) is 0 Å². The van der Waals surface area contributed by atoms with Crippen LogP contribution in [0.2, 0.25) is 0 Å². The van der Waals surface area contributed by atoms with Crippen LogP contribution in [-0.4, -0.2) is 38.2 Å². The normalized spacial score (nSPS) is 18.2. The standard InChI is InChI=1S/C15H21NO3/c1-11(17)14-12(6-5-7-13(14)18-4)16-8-9-19-10-15(16,2)3/h5-7H,8-10H2,1-4H3. The van der Waals surface area contributed by atoms with Crippen molar-refractivity contribution in [1.82, 2.24) is 0 Å². The van der Waals surface area contributed by atoms with E-state index in [4.69, 9.17) is 9.47 Å². The maximum atomic E-state index is 12.0. The molecule has 0 N–H and O–H groups in total. The van der Waals surface area contributed by atoms with Crippen LogP contribution in [0.4, 0.5) is 5.69 Å². The van der Waals surface area contributed by atoms with E-state index >= 15 is 0 Å². The Morgan fingerprint density at radius 3 is 2.74 bits per heavy atom. The minimum atomic E-state index is -0.130. The first-order valence-corrected chi connectivity index (χ1v) is 6.50. The van der Waals surface area contributed by atoms with Crippen LogP contribution in [0, 0.1) is 0 Å². The Balaban J connectivity index is 2.52. The topological polar surface area (TPSA) is 38.8 Å². The first-order chi connectivity index (χ1) is 8.97. The third-order valence-electron chi connectivity index (χ3n) is 3.51. The number of carbonyl (C=O) groups is 1. The summed E-state index contributed by atoms with van der Waals surface area (Å²) in [5.74, 6) is 0.655. The minimum Gasteiger partial charge on any atom is -0.496 e. The zero-order valence-corrected chi connectivity index (χ0v) is 12.0. The van der Waals surface area contributed by atoms with Crippen LogP contribution in [0.15, 0.2) is 18.2 Å². The molecule has 0 aliphatic carbocycles. The number of ether oxygens (including phenoxy) is 2. The van der Waals surface area contributed by atoms with Gasteiger partial charge in [0, 0.05) is 6.54 Å². The predicted octanol–water partition coefficient (Wildman–Crippen LogP) is 2.51. The van der Waals surface area contributed by atoms with Gasteiger partial charge in [-0.25, -0.2) is 0 Å². The van der Waals surface area contributed by atoms with Crippen LogP contribution >= 0.6 is 0 Å².